The van der Waals surface area contributed by atoms with Crippen LogP contribution in [0.3, 0.4) is 0 Å². The minimum atomic E-state index is -0.998. The molecule has 7 heteroatoms. The molecule has 1 atom stereocenters. The molecule has 22 heavy (non-hydrogen) atoms. The summed E-state index contributed by atoms with van der Waals surface area (Å²) in [6, 6.07) is 0. The van der Waals surface area contributed by atoms with E-state index in [1.165, 1.54) is 0 Å². The van der Waals surface area contributed by atoms with Gasteiger partial charge in [-0.1, -0.05) is 6.92 Å². The quantitative estimate of drug-likeness (QED) is 0.841. The van der Waals surface area contributed by atoms with Crippen LogP contribution in [0.25, 0.3) is 0 Å². The summed E-state index contributed by atoms with van der Waals surface area (Å²) in [5.74, 6) is 0.896. The number of rotatable bonds is 3. The molecule has 3 rings (SSSR count). The first-order valence-electron chi connectivity index (χ1n) is 8.15. The monoisotopic (exact) mass is 307 g/mol. The van der Waals surface area contributed by atoms with Crippen molar-refractivity contribution < 1.29 is 9.90 Å². The average molecular weight is 307 g/mol. The molecule has 0 aromatic carbocycles. The van der Waals surface area contributed by atoms with Crippen LogP contribution >= 0.6 is 0 Å². The lowest BCUT2D eigenvalue weighted by molar-refractivity contribution is -0.135. The number of nitrogens with zero attached hydrogens (tertiary/aromatic N) is 4. The lowest BCUT2D eigenvalue weighted by Crippen LogP contribution is -2.51. The van der Waals surface area contributed by atoms with Crippen LogP contribution in [0.1, 0.15) is 38.3 Å². The van der Waals surface area contributed by atoms with Crippen LogP contribution in [0.5, 0.6) is 0 Å². The smallest absolute Gasteiger partial charge is 0.236 e. The minimum Gasteiger partial charge on any atom is -0.382 e. The van der Waals surface area contributed by atoms with Crippen LogP contribution < -0.4 is 0 Å². The van der Waals surface area contributed by atoms with Crippen molar-refractivity contribution in [2.45, 2.75) is 38.2 Å². The molecular formula is C15H25N5O2. The molecule has 0 saturated carbocycles. The van der Waals surface area contributed by atoms with Crippen LogP contribution in [-0.4, -0.2) is 68.9 Å². The Bertz CT molecular complexity index is 498. The molecule has 0 radical (unpaired) electrons. The lowest BCUT2D eigenvalue weighted by Gasteiger charge is -2.39. The van der Waals surface area contributed by atoms with Gasteiger partial charge < -0.3 is 10.0 Å². The third-order valence-corrected chi connectivity index (χ3v) is 4.94. The number of likely N-dealkylation sites (tertiary alicyclic amines) is 2. The Morgan fingerprint density at radius 1 is 1.45 bits per heavy atom. The SMILES string of the molecule is CC1CCN(C(=O)CN2CCCC(O)(c3cn[nH]n3)C2)CC1. The Morgan fingerprint density at radius 3 is 2.91 bits per heavy atom. The number of hydrogen-bond donors (Lipinski definition) is 2. The van der Waals surface area contributed by atoms with Crippen molar-refractivity contribution in [1.82, 2.24) is 25.2 Å². The van der Waals surface area contributed by atoms with E-state index in [9.17, 15) is 9.90 Å². The first kappa shape index (κ1) is 15.4. The van der Waals surface area contributed by atoms with E-state index in [4.69, 9.17) is 0 Å². The van der Waals surface area contributed by atoms with Crippen molar-refractivity contribution in [1.29, 1.82) is 0 Å². The standard InChI is InChI=1S/C15H25N5O2/c1-12-3-7-20(8-4-12)14(21)10-19-6-2-5-15(22,11-19)13-9-16-18-17-13/h9,12,22H,2-8,10-11H2,1H3,(H,16,17,18). The van der Waals surface area contributed by atoms with Crippen molar-refractivity contribution in [2.24, 2.45) is 5.92 Å². The average Bonchev–Trinajstić information content (AvgIpc) is 3.03. The number of carbonyl (C=O) groups is 1. The highest BCUT2D eigenvalue weighted by Crippen LogP contribution is 2.29. The van der Waals surface area contributed by atoms with Gasteiger partial charge in [-0.25, -0.2) is 0 Å². The predicted octanol–water partition coefficient (Wildman–Crippen LogP) is 0.347. The molecule has 0 aliphatic carbocycles. The van der Waals surface area contributed by atoms with E-state index >= 15 is 0 Å². The van der Waals surface area contributed by atoms with Crippen molar-refractivity contribution in [2.75, 3.05) is 32.7 Å². The van der Waals surface area contributed by atoms with E-state index in [0.717, 1.165) is 44.8 Å². The van der Waals surface area contributed by atoms with Crippen molar-refractivity contribution in [3.8, 4) is 0 Å². The van der Waals surface area contributed by atoms with Gasteiger partial charge in [-0.15, -0.1) is 0 Å². The second kappa shape index (κ2) is 6.34. The van der Waals surface area contributed by atoms with E-state index in [1.54, 1.807) is 6.20 Å². The van der Waals surface area contributed by atoms with Gasteiger partial charge in [0.15, 0.2) is 0 Å². The normalized spacial score (nSPS) is 28.0. The maximum absolute atomic E-state index is 12.4. The summed E-state index contributed by atoms with van der Waals surface area (Å²) in [5.41, 5.74) is -0.432. The van der Waals surface area contributed by atoms with Crippen LogP contribution in [-0.2, 0) is 10.4 Å². The Kier molecular flexibility index (Phi) is 4.44. The van der Waals surface area contributed by atoms with E-state index in [-0.39, 0.29) is 5.91 Å². The molecule has 122 valence electrons. The number of β-amino-alcohol motifs (C(OH)–C–C–N with tert-alkyl or cyclic N) is 1. The summed E-state index contributed by atoms with van der Waals surface area (Å²) in [6.45, 7) is 5.63. The van der Waals surface area contributed by atoms with Gasteiger partial charge >= 0.3 is 0 Å². The van der Waals surface area contributed by atoms with Gasteiger partial charge in [0.25, 0.3) is 0 Å². The minimum absolute atomic E-state index is 0.177. The number of aromatic amines is 1. The highest BCUT2D eigenvalue weighted by atomic mass is 16.3. The maximum Gasteiger partial charge on any atom is 0.236 e. The molecule has 2 aliphatic heterocycles. The molecule has 0 spiro atoms. The first-order valence-corrected chi connectivity index (χ1v) is 8.15. The Morgan fingerprint density at radius 2 is 2.23 bits per heavy atom. The number of carbonyl (C=O) groups excluding carboxylic acids is 1. The molecule has 2 aliphatic rings. The Hall–Kier alpha value is -1.47. The van der Waals surface area contributed by atoms with Crippen molar-refractivity contribution >= 4 is 5.91 Å². The summed E-state index contributed by atoms with van der Waals surface area (Å²) in [4.78, 5) is 16.4. The van der Waals surface area contributed by atoms with Crippen LogP contribution in [0.4, 0.5) is 0 Å². The maximum atomic E-state index is 12.4. The van der Waals surface area contributed by atoms with Crippen LogP contribution in [0.2, 0.25) is 0 Å². The molecule has 2 fully saturated rings. The summed E-state index contributed by atoms with van der Waals surface area (Å²) in [5, 5.41) is 21.1. The van der Waals surface area contributed by atoms with Crippen LogP contribution in [0.15, 0.2) is 6.20 Å². The number of amides is 1. The zero-order valence-electron chi connectivity index (χ0n) is 13.2. The van der Waals surface area contributed by atoms with Gasteiger partial charge in [0, 0.05) is 19.6 Å². The number of aromatic nitrogens is 3. The summed E-state index contributed by atoms with van der Waals surface area (Å²) >= 11 is 0. The molecule has 1 aromatic rings. The zero-order valence-corrected chi connectivity index (χ0v) is 13.2. The molecule has 0 bridgehead atoms. The third kappa shape index (κ3) is 3.30. The predicted molar refractivity (Wildman–Crippen MR) is 80.9 cm³/mol. The second-order valence-corrected chi connectivity index (χ2v) is 6.76. The highest BCUT2D eigenvalue weighted by Gasteiger charge is 2.38. The summed E-state index contributed by atoms with van der Waals surface area (Å²) in [6.07, 6.45) is 5.26. The molecule has 1 amide bonds. The molecule has 7 nitrogen and oxygen atoms in total. The van der Waals surface area contributed by atoms with Gasteiger partial charge in [0.1, 0.15) is 11.3 Å². The van der Waals surface area contributed by atoms with Gasteiger partial charge in [-0.05, 0) is 38.1 Å². The fourth-order valence-corrected chi connectivity index (χ4v) is 3.44. The van der Waals surface area contributed by atoms with Crippen molar-refractivity contribution in [3.63, 3.8) is 0 Å². The second-order valence-electron chi connectivity index (χ2n) is 6.76. The summed E-state index contributed by atoms with van der Waals surface area (Å²) < 4.78 is 0. The topological polar surface area (TPSA) is 85.4 Å². The van der Waals surface area contributed by atoms with Gasteiger partial charge in [0.2, 0.25) is 5.91 Å². The zero-order chi connectivity index (χ0) is 15.6. The van der Waals surface area contributed by atoms with E-state index < -0.39 is 5.60 Å². The molecule has 1 unspecified atom stereocenters. The van der Waals surface area contributed by atoms with Crippen molar-refractivity contribution in [3.05, 3.63) is 11.9 Å². The number of H-pyrrole nitrogens is 1. The number of nitrogens with one attached hydrogen (secondary N) is 1. The van der Waals surface area contributed by atoms with E-state index in [2.05, 4.69) is 22.3 Å². The van der Waals surface area contributed by atoms with E-state index in [1.807, 2.05) is 9.80 Å². The largest absolute Gasteiger partial charge is 0.382 e. The number of aliphatic hydroxyl groups is 1. The molecular weight excluding hydrogens is 282 g/mol. The number of piperidine rings is 2. The fraction of sp³-hybridized carbons (Fsp3) is 0.800. The summed E-state index contributed by atoms with van der Waals surface area (Å²) in [7, 11) is 0. The molecule has 2 N–H and O–H groups in total. The number of hydrogen-bond acceptors (Lipinski definition) is 5. The fourth-order valence-electron chi connectivity index (χ4n) is 3.44. The Labute approximate surface area is 130 Å². The third-order valence-electron chi connectivity index (χ3n) is 4.94. The molecule has 1 aromatic heterocycles. The molecule has 2 saturated heterocycles. The first-order chi connectivity index (χ1) is 10.6. The molecule has 3 heterocycles. The van der Waals surface area contributed by atoms with Gasteiger partial charge in [0.05, 0.1) is 12.7 Å². The van der Waals surface area contributed by atoms with Gasteiger partial charge in [-0.3, -0.25) is 9.69 Å². The van der Waals surface area contributed by atoms with E-state index in [0.29, 0.717) is 25.2 Å². The van der Waals surface area contributed by atoms with Gasteiger partial charge in [-0.2, -0.15) is 15.4 Å². The Balaban J connectivity index is 1.57. The van der Waals surface area contributed by atoms with Crippen LogP contribution in [0, 0.1) is 5.92 Å². The lowest BCUT2D eigenvalue weighted by atomic mass is 9.90. The highest BCUT2D eigenvalue weighted by molar-refractivity contribution is 5.78.